The third-order valence-corrected chi connectivity index (χ3v) is 2.66. The van der Waals surface area contributed by atoms with Gasteiger partial charge in [-0.15, -0.1) is 0 Å². The van der Waals surface area contributed by atoms with Gasteiger partial charge in [-0.2, -0.15) is 0 Å². The maximum Gasteiger partial charge on any atom is 0.273 e. The number of benzene rings is 1. The van der Waals surface area contributed by atoms with Gasteiger partial charge in [0.05, 0.1) is 12.7 Å². The molecule has 0 bridgehead atoms. The first kappa shape index (κ1) is 14.2. The predicted octanol–water partition coefficient (Wildman–Crippen LogP) is 1.08. The van der Waals surface area contributed by atoms with Gasteiger partial charge in [0.1, 0.15) is 0 Å². The fourth-order valence-electron chi connectivity index (χ4n) is 1.67. The molecule has 2 aromatic rings. The third kappa shape index (κ3) is 3.66. The van der Waals surface area contributed by atoms with Crippen LogP contribution in [0.2, 0.25) is 0 Å². The van der Waals surface area contributed by atoms with Crippen LogP contribution >= 0.6 is 0 Å². The van der Waals surface area contributed by atoms with Crippen molar-refractivity contribution in [1.82, 2.24) is 10.5 Å². The van der Waals surface area contributed by atoms with E-state index in [0.29, 0.717) is 5.76 Å². The van der Waals surface area contributed by atoms with Crippen molar-refractivity contribution in [3.8, 4) is 11.3 Å². The molecule has 0 aliphatic heterocycles. The van der Waals surface area contributed by atoms with Crippen LogP contribution in [0.3, 0.4) is 0 Å². The van der Waals surface area contributed by atoms with Crippen LogP contribution in [-0.4, -0.2) is 42.5 Å². The standard InChI is InChI=1S/C14H16N2O4/c1-19-9-11(17)8-15-14(18)12-7-13(20-16-12)10-5-3-2-4-6-10/h2-7,11,17H,8-9H2,1H3,(H,15,18). The maximum atomic E-state index is 11.8. The molecule has 106 valence electrons. The van der Waals surface area contributed by atoms with Gasteiger partial charge >= 0.3 is 0 Å². The highest BCUT2D eigenvalue weighted by atomic mass is 16.5. The van der Waals surface area contributed by atoms with Crippen LogP contribution in [0.15, 0.2) is 40.9 Å². The molecule has 1 unspecified atom stereocenters. The Kier molecular flexibility index (Phi) is 4.86. The number of nitrogens with one attached hydrogen (secondary N) is 1. The molecular formula is C14H16N2O4. The van der Waals surface area contributed by atoms with Gasteiger partial charge in [0.2, 0.25) is 0 Å². The molecule has 0 radical (unpaired) electrons. The molecule has 2 rings (SSSR count). The van der Waals surface area contributed by atoms with Gasteiger partial charge < -0.3 is 19.7 Å². The Morgan fingerprint density at radius 1 is 1.45 bits per heavy atom. The zero-order chi connectivity index (χ0) is 14.4. The van der Waals surface area contributed by atoms with E-state index in [4.69, 9.17) is 9.26 Å². The van der Waals surface area contributed by atoms with Crippen molar-refractivity contribution in [2.45, 2.75) is 6.10 Å². The van der Waals surface area contributed by atoms with Crippen LogP contribution in [0.5, 0.6) is 0 Å². The minimum atomic E-state index is -0.746. The molecule has 20 heavy (non-hydrogen) atoms. The molecule has 1 aromatic heterocycles. The van der Waals surface area contributed by atoms with E-state index in [9.17, 15) is 9.90 Å². The van der Waals surface area contributed by atoms with E-state index in [1.807, 2.05) is 30.3 Å². The second-order valence-corrected chi connectivity index (χ2v) is 4.26. The molecule has 6 nitrogen and oxygen atoms in total. The van der Waals surface area contributed by atoms with Gasteiger partial charge in [0, 0.05) is 25.3 Å². The number of aromatic nitrogens is 1. The molecular weight excluding hydrogens is 260 g/mol. The van der Waals surface area contributed by atoms with E-state index in [-0.39, 0.29) is 18.8 Å². The fourth-order valence-corrected chi connectivity index (χ4v) is 1.67. The Balaban J connectivity index is 1.97. The minimum Gasteiger partial charge on any atom is -0.389 e. The summed E-state index contributed by atoms with van der Waals surface area (Å²) in [4.78, 5) is 11.8. The van der Waals surface area contributed by atoms with Crippen LogP contribution < -0.4 is 5.32 Å². The number of rotatable bonds is 6. The zero-order valence-corrected chi connectivity index (χ0v) is 11.1. The summed E-state index contributed by atoms with van der Waals surface area (Å²) in [6.07, 6.45) is -0.746. The van der Waals surface area contributed by atoms with Gasteiger partial charge in [0.25, 0.3) is 5.91 Å². The van der Waals surface area contributed by atoms with E-state index in [2.05, 4.69) is 10.5 Å². The summed E-state index contributed by atoms with van der Waals surface area (Å²) >= 11 is 0. The Morgan fingerprint density at radius 3 is 2.90 bits per heavy atom. The molecule has 0 fully saturated rings. The highest BCUT2D eigenvalue weighted by Gasteiger charge is 2.14. The SMILES string of the molecule is COCC(O)CNC(=O)c1cc(-c2ccccc2)on1. The van der Waals surface area contributed by atoms with Crippen LogP contribution in [0, 0.1) is 0 Å². The monoisotopic (exact) mass is 276 g/mol. The van der Waals surface area contributed by atoms with E-state index < -0.39 is 12.0 Å². The number of nitrogens with zero attached hydrogens (tertiary/aromatic N) is 1. The van der Waals surface area contributed by atoms with E-state index >= 15 is 0 Å². The average Bonchev–Trinajstić information content (AvgIpc) is 2.96. The summed E-state index contributed by atoms with van der Waals surface area (Å²) in [5.41, 5.74) is 1.02. The lowest BCUT2D eigenvalue weighted by atomic mass is 10.1. The molecule has 1 aromatic carbocycles. The number of aliphatic hydroxyl groups excluding tert-OH is 1. The second-order valence-electron chi connectivity index (χ2n) is 4.26. The number of amides is 1. The Hall–Kier alpha value is -2.18. The lowest BCUT2D eigenvalue weighted by Gasteiger charge is -2.09. The highest BCUT2D eigenvalue weighted by Crippen LogP contribution is 2.19. The van der Waals surface area contributed by atoms with Gasteiger partial charge in [-0.05, 0) is 0 Å². The van der Waals surface area contributed by atoms with E-state index in [1.165, 1.54) is 7.11 Å². The van der Waals surface area contributed by atoms with Crippen molar-refractivity contribution in [3.63, 3.8) is 0 Å². The van der Waals surface area contributed by atoms with Gasteiger partial charge in [-0.3, -0.25) is 4.79 Å². The molecule has 1 atom stereocenters. The van der Waals surface area contributed by atoms with Crippen LogP contribution in [0.25, 0.3) is 11.3 Å². The highest BCUT2D eigenvalue weighted by molar-refractivity contribution is 5.93. The number of hydrogen-bond donors (Lipinski definition) is 2. The Labute approximate surface area is 116 Å². The molecule has 0 aliphatic rings. The van der Waals surface area contributed by atoms with Crippen molar-refractivity contribution in [1.29, 1.82) is 0 Å². The number of carbonyl (C=O) groups excluding carboxylic acids is 1. The Morgan fingerprint density at radius 2 is 2.20 bits per heavy atom. The summed E-state index contributed by atoms with van der Waals surface area (Å²) in [7, 11) is 1.48. The first-order valence-corrected chi connectivity index (χ1v) is 6.18. The Bertz CT molecular complexity index is 553. The van der Waals surface area contributed by atoms with Crippen LogP contribution in [0.1, 0.15) is 10.5 Å². The molecule has 0 saturated heterocycles. The zero-order valence-electron chi connectivity index (χ0n) is 11.1. The predicted molar refractivity (Wildman–Crippen MR) is 72.2 cm³/mol. The molecule has 1 heterocycles. The van der Waals surface area contributed by atoms with Crippen molar-refractivity contribution >= 4 is 5.91 Å². The van der Waals surface area contributed by atoms with Gasteiger partial charge in [0.15, 0.2) is 11.5 Å². The lowest BCUT2D eigenvalue weighted by Crippen LogP contribution is -2.34. The summed E-state index contributed by atoms with van der Waals surface area (Å²) < 4.78 is 9.90. The van der Waals surface area contributed by atoms with Crippen molar-refractivity contribution in [2.75, 3.05) is 20.3 Å². The van der Waals surface area contributed by atoms with Crippen molar-refractivity contribution in [2.24, 2.45) is 0 Å². The number of hydrogen-bond acceptors (Lipinski definition) is 5. The van der Waals surface area contributed by atoms with E-state index in [0.717, 1.165) is 5.56 Å². The number of carbonyl (C=O) groups is 1. The normalized spacial score (nSPS) is 12.1. The summed E-state index contributed by atoms with van der Waals surface area (Å²) in [5, 5.41) is 15.7. The molecule has 0 aliphatic carbocycles. The van der Waals surface area contributed by atoms with Gasteiger partial charge in [-0.1, -0.05) is 35.5 Å². The number of ether oxygens (including phenoxy) is 1. The van der Waals surface area contributed by atoms with Gasteiger partial charge in [-0.25, -0.2) is 0 Å². The first-order valence-electron chi connectivity index (χ1n) is 6.18. The first-order chi connectivity index (χ1) is 9.70. The van der Waals surface area contributed by atoms with Crippen molar-refractivity contribution in [3.05, 3.63) is 42.1 Å². The fraction of sp³-hybridized carbons (Fsp3) is 0.286. The quantitative estimate of drug-likeness (QED) is 0.824. The molecule has 0 spiro atoms. The average molecular weight is 276 g/mol. The topological polar surface area (TPSA) is 84.6 Å². The largest absolute Gasteiger partial charge is 0.389 e. The molecule has 2 N–H and O–H groups in total. The summed E-state index contributed by atoms with van der Waals surface area (Å²) in [5.74, 6) is 0.124. The third-order valence-electron chi connectivity index (χ3n) is 2.66. The van der Waals surface area contributed by atoms with E-state index in [1.54, 1.807) is 6.07 Å². The van der Waals surface area contributed by atoms with Crippen LogP contribution in [-0.2, 0) is 4.74 Å². The van der Waals surface area contributed by atoms with Crippen LogP contribution in [0.4, 0.5) is 0 Å². The molecule has 6 heteroatoms. The maximum absolute atomic E-state index is 11.8. The lowest BCUT2D eigenvalue weighted by molar-refractivity contribution is 0.0607. The summed E-state index contributed by atoms with van der Waals surface area (Å²) in [6, 6.07) is 10.9. The second kappa shape index (κ2) is 6.83. The minimum absolute atomic E-state index is 0.0974. The molecule has 0 saturated carbocycles. The summed E-state index contributed by atoms with van der Waals surface area (Å²) in [6.45, 7) is 0.258. The smallest absolute Gasteiger partial charge is 0.273 e. The number of methoxy groups -OCH3 is 1. The number of aliphatic hydroxyl groups is 1. The molecule has 1 amide bonds. The van der Waals surface area contributed by atoms with Crippen molar-refractivity contribution < 1.29 is 19.2 Å².